The van der Waals surface area contributed by atoms with E-state index in [9.17, 15) is 52.6 Å². The SMILES string of the molecule is N#Cc1cc(C#N)cc(-c2ccc3c(c2)c2cc(-c4cc(C#N)cc(C#N)c4)ccc2n3-c2cc(-c3ccc(C#N)cc3C(F)(F)F)c(-n3c4ccc(-c5cc(C#N)cc(C#N)c5)cc4c4cc(-c5cc(C#N)cc(C#N)c5)ccc43)cc2C#N)c1. The quantitative estimate of drug-likeness (QED) is 0.146. The molecule has 2 heterocycles. The van der Waals surface area contributed by atoms with Crippen molar-refractivity contribution in [1.82, 2.24) is 9.13 Å². The van der Waals surface area contributed by atoms with Crippen LogP contribution in [0.4, 0.5) is 13.2 Å². The Morgan fingerprint density at radius 1 is 0.256 bits per heavy atom. The van der Waals surface area contributed by atoms with Crippen LogP contribution < -0.4 is 0 Å². The van der Waals surface area contributed by atoms with Crippen LogP contribution in [0.25, 0.3) is 111 Å². The summed E-state index contributed by atoms with van der Waals surface area (Å²) in [7, 11) is 0. The van der Waals surface area contributed by atoms with E-state index in [0.717, 1.165) is 6.07 Å². The summed E-state index contributed by atoms with van der Waals surface area (Å²) in [4.78, 5) is 0. The van der Waals surface area contributed by atoms with E-state index in [-0.39, 0.29) is 78.1 Å². The third-order valence-electron chi connectivity index (χ3n) is 15.1. The van der Waals surface area contributed by atoms with Gasteiger partial charge >= 0.3 is 6.18 Å². The van der Waals surface area contributed by atoms with Gasteiger partial charge < -0.3 is 9.13 Å². The lowest BCUT2D eigenvalue weighted by Gasteiger charge is -2.21. The van der Waals surface area contributed by atoms with Gasteiger partial charge in [-0.1, -0.05) is 30.3 Å². The first-order valence-electron chi connectivity index (χ1n) is 25.9. The number of nitrogens with zero attached hydrogens (tertiary/aromatic N) is 12. The molecule has 12 rings (SSSR count). The van der Waals surface area contributed by atoms with E-state index in [0.29, 0.717) is 88.1 Å². The number of alkyl halides is 3. The van der Waals surface area contributed by atoms with Crippen molar-refractivity contribution in [3.05, 3.63) is 237 Å². The summed E-state index contributed by atoms with van der Waals surface area (Å²) in [5.74, 6) is 0. The third-order valence-corrected chi connectivity index (χ3v) is 15.1. The Morgan fingerprint density at radius 3 is 0.837 bits per heavy atom. The molecule has 0 spiro atoms. The second-order valence-electron chi connectivity index (χ2n) is 20.1. The summed E-state index contributed by atoms with van der Waals surface area (Å²) in [6, 6.07) is 67.8. The van der Waals surface area contributed by atoms with Crippen molar-refractivity contribution in [1.29, 1.82) is 52.6 Å². The van der Waals surface area contributed by atoms with Gasteiger partial charge in [-0.25, -0.2) is 0 Å². The van der Waals surface area contributed by atoms with Crippen molar-refractivity contribution >= 4 is 43.6 Å². The molecule has 0 N–H and O–H groups in total. The van der Waals surface area contributed by atoms with E-state index in [1.54, 1.807) is 106 Å². The molecule has 0 bridgehead atoms. The van der Waals surface area contributed by atoms with Crippen LogP contribution in [0, 0.1) is 113 Å². The summed E-state index contributed by atoms with van der Waals surface area (Å²) in [6.07, 6.45) is -5.03. The van der Waals surface area contributed by atoms with Crippen LogP contribution in [-0.4, -0.2) is 9.13 Å². The van der Waals surface area contributed by atoms with E-state index < -0.39 is 11.7 Å². The second kappa shape index (κ2) is 20.9. The molecule has 2 aromatic heterocycles. The molecule has 394 valence electrons. The Balaban J connectivity index is 1.20. The normalized spacial score (nSPS) is 10.8. The van der Waals surface area contributed by atoms with Crippen LogP contribution in [0.3, 0.4) is 0 Å². The predicted octanol–water partition coefficient (Wildman–Crippen LogP) is 16.0. The van der Waals surface area contributed by atoms with Gasteiger partial charge in [0.25, 0.3) is 0 Å². The van der Waals surface area contributed by atoms with Gasteiger partial charge in [0, 0.05) is 27.1 Å². The summed E-state index contributed by atoms with van der Waals surface area (Å²) in [5, 5.41) is 103. The van der Waals surface area contributed by atoms with Crippen LogP contribution in [0.5, 0.6) is 0 Å². The zero-order valence-electron chi connectivity index (χ0n) is 44.2. The number of hydrogen-bond donors (Lipinski definition) is 0. The van der Waals surface area contributed by atoms with Gasteiger partial charge in [-0.15, -0.1) is 0 Å². The number of benzene rings is 10. The highest BCUT2D eigenvalue weighted by Gasteiger charge is 2.36. The lowest BCUT2D eigenvalue weighted by Crippen LogP contribution is -2.10. The highest BCUT2D eigenvalue weighted by Crippen LogP contribution is 2.47. The fourth-order valence-electron chi connectivity index (χ4n) is 11.3. The Hall–Kier alpha value is -13.5. The first-order valence-corrected chi connectivity index (χ1v) is 25.9. The molecule has 12 nitrogen and oxygen atoms in total. The highest BCUT2D eigenvalue weighted by atomic mass is 19.4. The third kappa shape index (κ3) is 9.09. The lowest BCUT2D eigenvalue weighted by molar-refractivity contribution is -0.137. The molecule has 0 aliphatic heterocycles. The molecule has 0 atom stereocenters. The number of hydrogen-bond acceptors (Lipinski definition) is 10. The molecule has 10 aromatic carbocycles. The van der Waals surface area contributed by atoms with Gasteiger partial charge in [-0.2, -0.15) is 65.8 Å². The summed E-state index contributed by atoms with van der Waals surface area (Å²) in [5.41, 5.74) is 6.83. The minimum absolute atomic E-state index is 0.0108. The lowest BCUT2D eigenvalue weighted by atomic mass is 9.93. The standard InChI is InChI=1S/C71H29F3N12/c72-71(73,74)64-23-40(30-75)1-6-58(64)63-29-69(85-65-7-2-49(53-15-41(31-76)11-42(16-53)32-77)24-59(65)60-25-50(3-8-66(60)85)54-17-43(33-78)12-44(18-54)34-79)57(39-84)28-70(63)86-67-9-4-51(55-19-45(35-80)13-46(20-55)36-81)26-61(67)62-27-52(5-10-68(62)86)56-21-47(37-82)14-48(22-56)38-83/h1-29H. The topological polar surface area (TPSA) is 248 Å². The van der Waals surface area contributed by atoms with Crippen LogP contribution >= 0.6 is 0 Å². The molecule has 12 aromatic rings. The molecular weight excluding hydrogens is 1080 g/mol. The average molecular weight is 1110 g/mol. The molecule has 0 amide bonds. The largest absolute Gasteiger partial charge is 0.417 e. The summed E-state index contributed by atoms with van der Waals surface area (Å²) in [6.45, 7) is 0. The first-order chi connectivity index (χ1) is 41.7. The van der Waals surface area contributed by atoms with Crippen LogP contribution in [0.2, 0.25) is 0 Å². The Kier molecular flexibility index (Phi) is 12.9. The van der Waals surface area contributed by atoms with Crippen LogP contribution in [0.1, 0.15) is 61.2 Å². The maximum Gasteiger partial charge on any atom is 0.417 e. The van der Waals surface area contributed by atoms with Gasteiger partial charge in [0.1, 0.15) is 6.07 Å². The molecule has 0 aliphatic carbocycles. The fourth-order valence-corrected chi connectivity index (χ4v) is 11.3. The van der Waals surface area contributed by atoms with Crippen LogP contribution in [-0.2, 0) is 6.18 Å². The molecule has 0 radical (unpaired) electrons. The smallest absolute Gasteiger partial charge is 0.309 e. The van der Waals surface area contributed by atoms with E-state index in [4.69, 9.17) is 0 Å². The minimum atomic E-state index is -5.03. The van der Waals surface area contributed by atoms with E-state index in [1.165, 1.54) is 48.5 Å². The first kappa shape index (κ1) is 53.1. The van der Waals surface area contributed by atoms with Gasteiger partial charge in [-0.3, -0.25) is 0 Å². The number of fused-ring (bicyclic) bond motifs is 6. The van der Waals surface area contributed by atoms with Gasteiger partial charge in [0.15, 0.2) is 0 Å². The highest BCUT2D eigenvalue weighted by molar-refractivity contribution is 6.14. The number of halogens is 3. The maximum absolute atomic E-state index is 15.8. The van der Waals surface area contributed by atoms with E-state index >= 15 is 13.2 Å². The molecule has 0 aliphatic rings. The Bertz CT molecular complexity index is 5100. The number of rotatable bonds is 7. The van der Waals surface area contributed by atoms with Gasteiger partial charge in [-0.05, 0) is 196 Å². The average Bonchev–Trinajstić information content (AvgIpc) is 1.58. The molecule has 0 saturated heterocycles. The van der Waals surface area contributed by atoms with Crippen molar-refractivity contribution in [2.24, 2.45) is 0 Å². The van der Waals surface area contributed by atoms with E-state index in [1.807, 2.05) is 30.3 Å². The molecule has 0 saturated carbocycles. The summed E-state index contributed by atoms with van der Waals surface area (Å²) >= 11 is 0. The van der Waals surface area contributed by atoms with Gasteiger partial charge in [0.05, 0.1) is 149 Å². The van der Waals surface area contributed by atoms with Crippen LogP contribution in [0.15, 0.2) is 176 Å². The number of nitriles is 10. The predicted molar refractivity (Wildman–Crippen MR) is 314 cm³/mol. The molecular formula is C71H29F3N12. The van der Waals surface area contributed by atoms with E-state index in [2.05, 4.69) is 54.6 Å². The van der Waals surface area contributed by atoms with Crippen molar-refractivity contribution in [3.8, 4) is 128 Å². The van der Waals surface area contributed by atoms with Crippen molar-refractivity contribution in [2.45, 2.75) is 6.18 Å². The molecule has 0 unspecified atom stereocenters. The van der Waals surface area contributed by atoms with Crippen molar-refractivity contribution in [3.63, 3.8) is 0 Å². The van der Waals surface area contributed by atoms with Crippen molar-refractivity contribution in [2.75, 3.05) is 0 Å². The van der Waals surface area contributed by atoms with Crippen molar-refractivity contribution < 1.29 is 13.2 Å². The fraction of sp³-hybridized carbons (Fsp3) is 0.0141. The number of aromatic nitrogens is 2. The maximum atomic E-state index is 15.8. The minimum Gasteiger partial charge on any atom is -0.309 e. The van der Waals surface area contributed by atoms with Gasteiger partial charge in [0.2, 0.25) is 0 Å². The Morgan fingerprint density at radius 2 is 0.558 bits per heavy atom. The monoisotopic (exact) mass is 1110 g/mol. The molecule has 0 fully saturated rings. The zero-order chi connectivity index (χ0) is 60.1. The second-order valence-corrected chi connectivity index (χ2v) is 20.1. The zero-order valence-corrected chi connectivity index (χ0v) is 44.2. The molecule has 86 heavy (non-hydrogen) atoms. The molecule has 15 heteroatoms. The Labute approximate surface area is 487 Å². The summed E-state index contributed by atoms with van der Waals surface area (Å²) < 4.78 is 51.0.